The largest absolute Gasteiger partial charge is 0.513 e. The summed E-state index contributed by atoms with van der Waals surface area (Å²) >= 11 is 0. The Bertz CT molecular complexity index is 404. The van der Waals surface area contributed by atoms with Crippen LogP contribution in [0.5, 0.6) is 0 Å². The van der Waals surface area contributed by atoms with Gasteiger partial charge >= 0.3 is 6.16 Å². The van der Waals surface area contributed by atoms with Gasteiger partial charge in [-0.25, -0.2) is 4.79 Å². The zero-order chi connectivity index (χ0) is 13.1. The molecule has 0 amide bonds. The zero-order valence-corrected chi connectivity index (χ0v) is 10.3. The van der Waals surface area contributed by atoms with Crippen LogP contribution in [0.2, 0.25) is 0 Å². The number of carbonyl (C=O) groups excluding carboxylic acids is 1. The average molecular weight is 244 g/mol. The molecular formula is C15H16O3. The van der Waals surface area contributed by atoms with E-state index in [1.54, 1.807) is 12.2 Å². The molecule has 0 aromatic heterocycles. The van der Waals surface area contributed by atoms with Gasteiger partial charge in [-0.1, -0.05) is 54.6 Å². The Balaban J connectivity index is 0.000000225. The van der Waals surface area contributed by atoms with Crippen molar-refractivity contribution < 1.29 is 14.3 Å². The molecule has 0 fully saturated rings. The van der Waals surface area contributed by atoms with Crippen molar-refractivity contribution in [1.82, 2.24) is 0 Å². The van der Waals surface area contributed by atoms with E-state index in [2.05, 4.69) is 4.74 Å². The number of rotatable bonds is 1. The smallest absolute Gasteiger partial charge is 0.437 e. The standard InChI is InChI=1S/C9H10O3.C6H6/c1-11-9(10)12-8-6-4-2-3-5-7-8;1-2-4-6-5-3-1/h2,4-7H,3H2,1H3;1-6H. The van der Waals surface area contributed by atoms with E-state index < -0.39 is 6.16 Å². The average Bonchev–Trinajstić information content (AvgIpc) is 2.70. The molecule has 0 unspecified atom stereocenters. The van der Waals surface area contributed by atoms with Gasteiger partial charge < -0.3 is 9.47 Å². The normalized spacial score (nSPS) is 12.6. The first-order chi connectivity index (χ1) is 8.83. The second-order valence-electron chi connectivity index (χ2n) is 3.35. The predicted octanol–water partition coefficient (Wildman–Crippen LogP) is 3.86. The maximum Gasteiger partial charge on any atom is 0.513 e. The topological polar surface area (TPSA) is 35.5 Å². The monoisotopic (exact) mass is 244 g/mol. The zero-order valence-electron chi connectivity index (χ0n) is 10.3. The molecule has 1 aliphatic rings. The van der Waals surface area contributed by atoms with E-state index in [4.69, 9.17) is 4.74 Å². The molecule has 3 heteroatoms. The molecule has 0 N–H and O–H groups in total. The lowest BCUT2D eigenvalue weighted by Crippen LogP contribution is -2.02. The summed E-state index contributed by atoms with van der Waals surface area (Å²) in [4.78, 5) is 10.6. The van der Waals surface area contributed by atoms with Crippen LogP contribution in [0.1, 0.15) is 6.42 Å². The first kappa shape index (κ1) is 13.8. The van der Waals surface area contributed by atoms with E-state index in [0.717, 1.165) is 6.42 Å². The third-order valence-electron chi connectivity index (χ3n) is 1.99. The van der Waals surface area contributed by atoms with Crippen LogP contribution in [0.3, 0.4) is 0 Å². The van der Waals surface area contributed by atoms with Crippen LogP contribution in [0, 0.1) is 0 Å². The Labute approximate surface area is 107 Å². The number of allylic oxidation sites excluding steroid dienone is 5. The highest BCUT2D eigenvalue weighted by atomic mass is 16.7. The van der Waals surface area contributed by atoms with E-state index in [0.29, 0.717) is 5.76 Å². The van der Waals surface area contributed by atoms with Gasteiger partial charge in [0.2, 0.25) is 0 Å². The van der Waals surface area contributed by atoms with Crippen LogP contribution < -0.4 is 0 Å². The highest BCUT2D eigenvalue weighted by molar-refractivity contribution is 5.61. The summed E-state index contributed by atoms with van der Waals surface area (Å²) in [5.74, 6) is 0.496. The Kier molecular flexibility index (Phi) is 6.75. The SMILES string of the molecule is COC(=O)OC1=CC=CCC=C1.c1ccccc1. The molecule has 0 atom stereocenters. The van der Waals surface area contributed by atoms with Crippen LogP contribution in [0.15, 0.2) is 72.5 Å². The minimum absolute atomic E-state index is 0.496. The van der Waals surface area contributed by atoms with Crippen LogP contribution in [0.25, 0.3) is 0 Å². The quantitative estimate of drug-likeness (QED) is 0.704. The summed E-state index contributed by atoms with van der Waals surface area (Å²) in [6.07, 6.45) is 9.30. The van der Waals surface area contributed by atoms with Gasteiger partial charge in [0.05, 0.1) is 7.11 Å². The van der Waals surface area contributed by atoms with Gasteiger partial charge in [0.25, 0.3) is 0 Å². The van der Waals surface area contributed by atoms with Gasteiger partial charge in [-0.3, -0.25) is 0 Å². The number of hydrogen-bond acceptors (Lipinski definition) is 3. The van der Waals surface area contributed by atoms with Crippen LogP contribution in [-0.2, 0) is 9.47 Å². The highest BCUT2D eigenvalue weighted by Gasteiger charge is 2.02. The van der Waals surface area contributed by atoms with Crippen molar-refractivity contribution in [2.75, 3.05) is 7.11 Å². The Morgan fingerprint density at radius 2 is 1.67 bits per heavy atom. The maximum atomic E-state index is 10.6. The number of ether oxygens (including phenoxy) is 2. The molecule has 1 aliphatic carbocycles. The van der Waals surface area contributed by atoms with Gasteiger partial charge in [0.15, 0.2) is 0 Å². The van der Waals surface area contributed by atoms with E-state index in [9.17, 15) is 4.79 Å². The predicted molar refractivity (Wildman–Crippen MR) is 70.9 cm³/mol. The minimum atomic E-state index is -0.693. The molecule has 1 aromatic rings. The third kappa shape index (κ3) is 6.33. The summed E-state index contributed by atoms with van der Waals surface area (Å²) in [5.41, 5.74) is 0. The lowest BCUT2D eigenvalue weighted by atomic mass is 10.4. The molecule has 0 saturated carbocycles. The fourth-order valence-corrected chi connectivity index (χ4v) is 1.15. The maximum absolute atomic E-state index is 10.6. The molecule has 0 saturated heterocycles. The van der Waals surface area contributed by atoms with Crippen molar-refractivity contribution in [1.29, 1.82) is 0 Å². The number of carbonyl (C=O) groups is 1. The third-order valence-corrected chi connectivity index (χ3v) is 1.99. The van der Waals surface area contributed by atoms with Gasteiger partial charge in [0.1, 0.15) is 5.76 Å². The Morgan fingerprint density at radius 1 is 1.06 bits per heavy atom. The number of methoxy groups -OCH3 is 1. The Hall–Kier alpha value is -2.29. The molecule has 0 aliphatic heterocycles. The molecule has 1 aromatic carbocycles. The molecule has 2 rings (SSSR count). The van der Waals surface area contributed by atoms with E-state index >= 15 is 0 Å². The van der Waals surface area contributed by atoms with Crippen molar-refractivity contribution in [3.8, 4) is 0 Å². The van der Waals surface area contributed by atoms with Crippen molar-refractivity contribution in [2.24, 2.45) is 0 Å². The number of benzene rings is 1. The fourth-order valence-electron chi connectivity index (χ4n) is 1.15. The van der Waals surface area contributed by atoms with E-state index in [1.807, 2.05) is 54.6 Å². The van der Waals surface area contributed by atoms with Crippen molar-refractivity contribution in [3.63, 3.8) is 0 Å². The first-order valence-corrected chi connectivity index (χ1v) is 5.62. The van der Waals surface area contributed by atoms with Crippen LogP contribution in [-0.4, -0.2) is 13.3 Å². The summed E-state index contributed by atoms with van der Waals surface area (Å²) in [7, 11) is 1.28. The number of hydrogen-bond donors (Lipinski definition) is 0. The summed E-state index contributed by atoms with van der Waals surface area (Å²) in [5, 5.41) is 0. The molecule has 0 heterocycles. The first-order valence-electron chi connectivity index (χ1n) is 5.62. The van der Waals surface area contributed by atoms with E-state index in [1.165, 1.54) is 7.11 Å². The second-order valence-corrected chi connectivity index (χ2v) is 3.35. The molecule has 0 bridgehead atoms. The summed E-state index contributed by atoms with van der Waals surface area (Å²) in [6.45, 7) is 0. The molecule has 94 valence electrons. The fraction of sp³-hybridized carbons (Fsp3) is 0.133. The molecule has 0 radical (unpaired) electrons. The van der Waals surface area contributed by atoms with E-state index in [-0.39, 0.29) is 0 Å². The van der Waals surface area contributed by atoms with Crippen molar-refractivity contribution >= 4 is 6.16 Å². The van der Waals surface area contributed by atoms with Gasteiger partial charge in [-0.15, -0.1) is 0 Å². The lowest BCUT2D eigenvalue weighted by molar-refractivity contribution is 0.0999. The van der Waals surface area contributed by atoms with Crippen molar-refractivity contribution in [3.05, 3.63) is 72.5 Å². The van der Waals surface area contributed by atoms with Crippen LogP contribution >= 0.6 is 0 Å². The van der Waals surface area contributed by atoms with Crippen LogP contribution in [0.4, 0.5) is 4.79 Å². The summed E-state index contributed by atoms with van der Waals surface area (Å²) < 4.78 is 9.12. The van der Waals surface area contributed by atoms with Gasteiger partial charge in [0, 0.05) is 0 Å². The molecular weight excluding hydrogens is 228 g/mol. The highest BCUT2D eigenvalue weighted by Crippen LogP contribution is 2.06. The minimum Gasteiger partial charge on any atom is -0.437 e. The summed E-state index contributed by atoms with van der Waals surface area (Å²) in [6, 6.07) is 12.0. The molecule has 18 heavy (non-hydrogen) atoms. The molecule has 0 spiro atoms. The van der Waals surface area contributed by atoms with Gasteiger partial charge in [-0.2, -0.15) is 0 Å². The van der Waals surface area contributed by atoms with Crippen molar-refractivity contribution in [2.45, 2.75) is 6.42 Å². The van der Waals surface area contributed by atoms with Gasteiger partial charge in [-0.05, 0) is 18.6 Å². The molecule has 3 nitrogen and oxygen atoms in total. The second kappa shape index (κ2) is 8.82. The lowest BCUT2D eigenvalue weighted by Gasteiger charge is -2.00. The Morgan fingerprint density at radius 3 is 2.22 bits per heavy atom.